The molecular weight excluding hydrogens is 232 g/mol. The van der Waals surface area contributed by atoms with Crippen LogP contribution in [0.25, 0.3) is 0 Å². The lowest BCUT2D eigenvalue weighted by Gasteiger charge is -2.35. The molecular formula is C15H19ClO. The maximum Gasteiger partial charge on any atom is 0.0986 e. The molecule has 1 aromatic rings. The topological polar surface area (TPSA) is 9.23 Å². The molecule has 0 aromatic heterocycles. The van der Waals surface area contributed by atoms with Gasteiger partial charge in [-0.15, -0.1) is 0 Å². The number of halogens is 1. The van der Waals surface area contributed by atoms with Gasteiger partial charge < -0.3 is 4.74 Å². The van der Waals surface area contributed by atoms with Gasteiger partial charge in [-0.2, -0.15) is 0 Å². The van der Waals surface area contributed by atoms with Crippen LogP contribution in [0, 0.1) is 18.8 Å². The number of fused-ring (bicyclic) bond motifs is 2. The van der Waals surface area contributed by atoms with Crippen molar-refractivity contribution >= 4 is 11.6 Å². The molecule has 2 aliphatic rings. The number of aryl methyl sites for hydroxylation is 1. The Morgan fingerprint density at radius 2 is 1.76 bits per heavy atom. The minimum atomic E-state index is -0.0192. The van der Waals surface area contributed by atoms with Gasteiger partial charge in [-0.05, 0) is 67.7 Å². The fourth-order valence-electron chi connectivity index (χ4n) is 4.23. The van der Waals surface area contributed by atoms with Crippen molar-refractivity contribution in [2.75, 3.05) is 7.11 Å². The predicted molar refractivity (Wildman–Crippen MR) is 70.3 cm³/mol. The van der Waals surface area contributed by atoms with E-state index in [0.29, 0.717) is 11.8 Å². The lowest BCUT2D eigenvalue weighted by atomic mass is 9.81. The Morgan fingerprint density at radius 3 is 2.24 bits per heavy atom. The highest BCUT2D eigenvalue weighted by molar-refractivity contribution is 6.30. The Hall–Kier alpha value is -0.530. The van der Waals surface area contributed by atoms with Crippen LogP contribution in [0.3, 0.4) is 0 Å². The quantitative estimate of drug-likeness (QED) is 0.760. The average molecular weight is 251 g/mol. The van der Waals surface area contributed by atoms with Crippen molar-refractivity contribution in [3.8, 4) is 0 Å². The second-order valence-electron chi connectivity index (χ2n) is 5.51. The highest BCUT2D eigenvalue weighted by Crippen LogP contribution is 2.59. The second-order valence-corrected chi connectivity index (χ2v) is 5.94. The first kappa shape index (κ1) is 11.6. The van der Waals surface area contributed by atoms with Gasteiger partial charge in [0, 0.05) is 12.1 Å². The summed E-state index contributed by atoms with van der Waals surface area (Å²) >= 11 is 6.06. The summed E-state index contributed by atoms with van der Waals surface area (Å²) in [5.41, 5.74) is 2.63. The first-order valence-corrected chi connectivity index (χ1v) is 6.88. The third kappa shape index (κ3) is 1.49. The van der Waals surface area contributed by atoms with Gasteiger partial charge >= 0.3 is 0 Å². The van der Waals surface area contributed by atoms with Crippen molar-refractivity contribution in [3.05, 3.63) is 34.3 Å². The molecule has 2 saturated carbocycles. The standard InChI is InChI=1S/C15H19ClO/c1-10-9-13(16)7-8-14(10)15(17-2)11-3-4-12(15)6-5-11/h7-9,11-12H,3-6H2,1-2H3. The molecule has 0 spiro atoms. The van der Waals surface area contributed by atoms with E-state index in [0.717, 1.165) is 5.02 Å². The molecule has 2 fully saturated rings. The third-order valence-electron chi connectivity index (χ3n) is 4.89. The lowest BCUT2D eigenvalue weighted by molar-refractivity contribution is -0.0548. The molecule has 0 amide bonds. The van der Waals surface area contributed by atoms with Gasteiger partial charge in [0.05, 0.1) is 5.60 Å². The molecule has 0 atom stereocenters. The minimum absolute atomic E-state index is 0.0192. The van der Waals surface area contributed by atoms with Crippen LogP contribution in [0.15, 0.2) is 18.2 Å². The van der Waals surface area contributed by atoms with Crippen molar-refractivity contribution in [1.29, 1.82) is 0 Å². The molecule has 0 heterocycles. The molecule has 2 bridgehead atoms. The fourth-order valence-corrected chi connectivity index (χ4v) is 4.46. The summed E-state index contributed by atoms with van der Waals surface area (Å²) in [6.45, 7) is 2.15. The summed E-state index contributed by atoms with van der Waals surface area (Å²) in [4.78, 5) is 0. The molecule has 2 aliphatic carbocycles. The number of benzene rings is 1. The molecule has 1 nitrogen and oxygen atoms in total. The zero-order valence-electron chi connectivity index (χ0n) is 10.5. The Labute approximate surface area is 108 Å². The lowest BCUT2D eigenvalue weighted by Crippen LogP contribution is -2.34. The third-order valence-corrected chi connectivity index (χ3v) is 5.12. The van der Waals surface area contributed by atoms with Crippen LogP contribution in [0.1, 0.15) is 36.8 Å². The van der Waals surface area contributed by atoms with E-state index in [9.17, 15) is 0 Å². The van der Waals surface area contributed by atoms with Crippen molar-refractivity contribution in [1.82, 2.24) is 0 Å². The van der Waals surface area contributed by atoms with E-state index in [-0.39, 0.29) is 5.60 Å². The SMILES string of the molecule is COC1(c2ccc(Cl)cc2C)C2CCC1CC2. The molecule has 17 heavy (non-hydrogen) atoms. The minimum Gasteiger partial charge on any atom is -0.373 e. The molecule has 92 valence electrons. The van der Waals surface area contributed by atoms with Crippen LogP contribution >= 0.6 is 11.6 Å². The van der Waals surface area contributed by atoms with E-state index in [4.69, 9.17) is 16.3 Å². The van der Waals surface area contributed by atoms with Crippen molar-refractivity contribution in [2.24, 2.45) is 11.8 Å². The first-order chi connectivity index (χ1) is 8.18. The molecule has 0 aliphatic heterocycles. The average Bonchev–Trinajstić information content (AvgIpc) is 2.84. The van der Waals surface area contributed by atoms with Crippen LogP contribution in [0.5, 0.6) is 0 Å². The Kier molecular flexibility index (Phi) is 2.72. The van der Waals surface area contributed by atoms with Crippen molar-refractivity contribution in [2.45, 2.75) is 38.2 Å². The number of hydrogen-bond acceptors (Lipinski definition) is 1. The number of ether oxygens (including phenoxy) is 1. The van der Waals surface area contributed by atoms with E-state index in [2.05, 4.69) is 19.1 Å². The maximum absolute atomic E-state index is 6.06. The van der Waals surface area contributed by atoms with E-state index in [1.54, 1.807) is 0 Å². The number of hydrogen-bond donors (Lipinski definition) is 0. The van der Waals surface area contributed by atoms with Gasteiger partial charge in [0.1, 0.15) is 0 Å². The van der Waals surface area contributed by atoms with Gasteiger partial charge in [0.15, 0.2) is 0 Å². The highest BCUT2D eigenvalue weighted by atomic mass is 35.5. The fraction of sp³-hybridized carbons (Fsp3) is 0.600. The predicted octanol–water partition coefficient (Wildman–Crippen LogP) is 4.31. The largest absolute Gasteiger partial charge is 0.373 e. The molecule has 0 N–H and O–H groups in total. The van der Waals surface area contributed by atoms with E-state index in [1.807, 2.05) is 13.2 Å². The Bertz CT molecular complexity index is 421. The zero-order valence-corrected chi connectivity index (χ0v) is 11.3. The Morgan fingerprint density at radius 1 is 1.18 bits per heavy atom. The molecule has 0 saturated heterocycles. The van der Waals surface area contributed by atoms with Crippen LogP contribution < -0.4 is 0 Å². The smallest absolute Gasteiger partial charge is 0.0986 e. The first-order valence-electron chi connectivity index (χ1n) is 6.50. The van der Waals surface area contributed by atoms with Gasteiger partial charge in [0.2, 0.25) is 0 Å². The van der Waals surface area contributed by atoms with Crippen LogP contribution in [0.2, 0.25) is 5.02 Å². The van der Waals surface area contributed by atoms with Gasteiger partial charge in [-0.3, -0.25) is 0 Å². The zero-order chi connectivity index (χ0) is 12.0. The van der Waals surface area contributed by atoms with Gasteiger partial charge in [0.25, 0.3) is 0 Å². The summed E-state index contributed by atoms with van der Waals surface area (Å²) in [6.07, 6.45) is 5.28. The normalized spacial score (nSPS) is 35.5. The molecule has 0 unspecified atom stereocenters. The van der Waals surface area contributed by atoms with Gasteiger partial charge in [-0.1, -0.05) is 17.7 Å². The maximum atomic E-state index is 6.06. The van der Waals surface area contributed by atoms with Crippen molar-refractivity contribution in [3.63, 3.8) is 0 Å². The molecule has 3 rings (SSSR count). The van der Waals surface area contributed by atoms with E-state index < -0.39 is 0 Å². The summed E-state index contributed by atoms with van der Waals surface area (Å²) in [5.74, 6) is 1.41. The molecule has 2 heteroatoms. The van der Waals surface area contributed by atoms with E-state index in [1.165, 1.54) is 36.8 Å². The van der Waals surface area contributed by atoms with Crippen LogP contribution in [0.4, 0.5) is 0 Å². The molecule has 0 radical (unpaired) electrons. The number of methoxy groups -OCH3 is 1. The highest BCUT2D eigenvalue weighted by Gasteiger charge is 2.56. The van der Waals surface area contributed by atoms with Crippen LogP contribution in [-0.4, -0.2) is 7.11 Å². The molecule has 1 aromatic carbocycles. The summed E-state index contributed by atoms with van der Waals surface area (Å²) in [5, 5.41) is 0.822. The monoisotopic (exact) mass is 250 g/mol. The second kappa shape index (κ2) is 4.00. The van der Waals surface area contributed by atoms with Gasteiger partial charge in [-0.25, -0.2) is 0 Å². The number of rotatable bonds is 2. The van der Waals surface area contributed by atoms with Crippen LogP contribution in [-0.2, 0) is 10.3 Å². The van der Waals surface area contributed by atoms with E-state index >= 15 is 0 Å². The summed E-state index contributed by atoms with van der Waals surface area (Å²) in [6, 6.07) is 6.25. The Balaban J connectivity index is 2.12. The summed E-state index contributed by atoms with van der Waals surface area (Å²) in [7, 11) is 1.88. The summed E-state index contributed by atoms with van der Waals surface area (Å²) < 4.78 is 6.05. The van der Waals surface area contributed by atoms with Crippen molar-refractivity contribution < 1.29 is 4.74 Å².